The van der Waals surface area contributed by atoms with Gasteiger partial charge in [0.05, 0.1) is 11.8 Å². The third-order valence-corrected chi connectivity index (χ3v) is 7.66. The average molecular weight is 537 g/mol. The van der Waals surface area contributed by atoms with Crippen molar-refractivity contribution in [2.24, 2.45) is 5.41 Å². The molecule has 1 unspecified atom stereocenters. The minimum absolute atomic E-state index is 0.0105. The number of benzene rings is 2. The van der Waals surface area contributed by atoms with Gasteiger partial charge in [0.15, 0.2) is 0 Å². The molecular formula is C32H38F6. The molecule has 0 spiro atoms. The quantitative estimate of drug-likeness (QED) is 0.198. The molecule has 0 saturated carbocycles. The Balaban J connectivity index is 1.89. The lowest BCUT2D eigenvalue weighted by molar-refractivity contribution is -0.222. The molecule has 0 radical (unpaired) electrons. The van der Waals surface area contributed by atoms with Crippen LogP contribution in [0, 0.1) is 5.41 Å². The number of allylic oxidation sites excluding steroid dienone is 2. The van der Waals surface area contributed by atoms with Gasteiger partial charge in [-0.25, -0.2) is 0 Å². The summed E-state index contributed by atoms with van der Waals surface area (Å²) in [7, 11) is 0. The molecule has 0 heterocycles. The summed E-state index contributed by atoms with van der Waals surface area (Å²) in [6.45, 7) is 9.31. The first-order chi connectivity index (χ1) is 17.8. The summed E-state index contributed by atoms with van der Waals surface area (Å²) in [5.41, 5.74) is 4.01. The van der Waals surface area contributed by atoms with Crippen molar-refractivity contribution < 1.29 is 26.3 Å². The van der Waals surface area contributed by atoms with Crippen molar-refractivity contribution in [3.63, 3.8) is 0 Å². The second-order valence-corrected chi connectivity index (χ2v) is 10.9. The van der Waals surface area contributed by atoms with E-state index in [2.05, 4.69) is 13.5 Å². The number of hydrogen-bond donors (Lipinski definition) is 0. The van der Waals surface area contributed by atoms with Gasteiger partial charge < -0.3 is 0 Å². The number of aryl methyl sites for hydroxylation is 2. The lowest BCUT2D eigenvalue weighted by Gasteiger charge is -2.32. The van der Waals surface area contributed by atoms with E-state index in [0.29, 0.717) is 36.0 Å². The van der Waals surface area contributed by atoms with Crippen LogP contribution in [-0.2, 0) is 25.7 Å². The zero-order chi connectivity index (χ0) is 28.1. The van der Waals surface area contributed by atoms with Crippen LogP contribution in [0.15, 0.2) is 48.6 Å². The van der Waals surface area contributed by atoms with Crippen LogP contribution in [-0.4, -0.2) is 12.4 Å². The van der Waals surface area contributed by atoms with Gasteiger partial charge in [0.25, 0.3) is 0 Å². The first-order valence-corrected chi connectivity index (χ1v) is 13.5. The molecule has 6 heteroatoms. The number of unbranched alkanes of at least 4 members (excludes halogenated alkanes) is 2. The van der Waals surface area contributed by atoms with Gasteiger partial charge in [0.2, 0.25) is 0 Å². The van der Waals surface area contributed by atoms with E-state index in [-0.39, 0.29) is 18.4 Å². The van der Waals surface area contributed by atoms with Crippen molar-refractivity contribution in [3.05, 3.63) is 81.9 Å². The molecular weight excluding hydrogens is 498 g/mol. The highest BCUT2D eigenvalue weighted by atomic mass is 19.4. The monoisotopic (exact) mass is 536 g/mol. The fourth-order valence-corrected chi connectivity index (χ4v) is 5.35. The van der Waals surface area contributed by atoms with Crippen LogP contribution in [0.1, 0.15) is 92.7 Å². The molecule has 3 rings (SSSR count). The summed E-state index contributed by atoms with van der Waals surface area (Å²) in [5, 5.41) is 0. The van der Waals surface area contributed by atoms with Gasteiger partial charge in [-0.1, -0.05) is 83.0 Å². The molecule has 2 aromatic rings. The number of alkyl halides is 6. The Morgan fingerprint density at radius 1 is 0.816 bits per heavy atom. The molecule has 2 aromatic carbocycles. The summed E-state index contributed by atoms with van der Waals surface area (Å²) in [6, 6.07) is 11.0. The van der Waals surface area contributed by atoms with E-state index in [1.807, 2.05) is 30.3 Å². The van der Waals surface area contributed by atoms with Gasteiger partial charge in [-0.3, -0.25) is 0 Å². The maximum atomic E-state index is 13.7. The highest BCUT2D eigenvalue weighted by Gasteiger charge is 2.49. The van der Waals surface area contributed by atoms with E-state index >= 15 is 0 Å². The zero-order valence-electron chi connectivity index (χ0n) is 22.6. The van der Waals surface area contributed by atoms with Crippen LogP contribution in [0.2, 0.25) is 0 Å². The predicted octanol–water partition coefficient (Wildman–Crippen LogP) is 10.5. The van der Waals surface area contributed by atoms with E-state index in [9.17, 15) is 26.3 Å². The molecule has 208 valence electrons. The Hall–Kier alpha value is -2.50. The van der Waals surface area contributed by atoms with E-state index in [1.54, 1.807) is 19.1 Å². The lowest BCUT2D eigenvalue weighted by atomic mass is 9.78. The highest BCUT2D eigenvalue weighted by molar-refractivity contribution is 5.94. The van der Waals surface area contributed by atoms with E-state index in [1.165, 1.54) is 6.92 Å². The Morgan fingerprint density at radius 2 is 1.50 bits per heavy atom. The summed E-state index contributed by atoms with van der Waals surface area (Å²) in [5.74, 6) is 0. The fourth-order valence-electron chi connectivity index (χ4n) is 5.35. The van der Waals surface area contributed by atoms with Crippen LogP contribution in [0.4, 0.5) is 26.3 Å². The van der Waals surface area contributed by atoms with Crippen LogP contribution in [0.25, 0.3) is 11.6 Å². The Labute approximate surface area is 222 Å². The smallest absolute Gasteiger partial charge is 0.171 e. The first kappa shape index (κ1) is 30.0. The molecule has 0 aliphatic heterocycles. The van der Waals surface area contributed by atoms with Crippen molar-refractivity contribution >= 4 is 11.6 Å². The molecule has 0 aromatic heterocycles. The SMILES string of the molecule is C=C1Cc2cc(CCC(C)(CCC)C(F)(F)F)ccc2C=C1c1ccc(CCCCC)cc1CC(F)(F)F. The highest BCUT2D eigenvalue weighted by Crippen LogP contribution is 2.45. The van der Waals surface area contributed by atoms with Crippen molar-refractivity contribution in [3.8, 4) is 0 Å². The van der Waals surface area contributed by atoms with Crippen LogP contribution in [0.3, 0.4) is 0 Å². The lowest BCUT2D eigenvalue weighted by Crippen LogP contribution is -2.35. The van der Waals surface area contributed by atoms with E-state index in [4.69, 9.17) is 0 Å². The number of rotatable bonds is 11. The second kappa shape index (κ2) is 12.1. The number of halogens is 6. The van der Waals surface area contributed by atoms with Gasteiger partial charge in [0, 0.05) is 0 Å². The Morgan fingerprint density at radius 3 is 2.13 bits per heavy atom. The van der Waals surface area contributed by atoms with Crippen molar-refractivity contribution in [2.75, 3.05) is 0 Å². The van der Waals surface area contributed by atoms with Gasteiger partial charge >= 0.3 is 12.4 Å². The molecule has 1 aliphatic carbocycles. The minimum atomic E-state index is -4.33. The summed E-state index contributed by atoms with van der Waals surface area (Å²) in [4.78, 5) is 0. The third-order valence-electron chi connectivity index (χ3n) is 7.66. The molecule has 0 fully saturated rings. The topological polar surface area (TPSA) is 0 Å². The summed E-state index contributed by atoms with van der Waals surface area (Å²) in [6.07, 6.45) is -2.65. The molecule has 38 heavy (non-hydrogen) atoms. The van der Waals surface area contributed by atoms with Crippen molar-refractivity contribution in [1.82, 2.24) is 0 Å². The van der Waals surface area contributed by atoms with Crippen LogP contribution < -0.4 is 0 Å². The maximum absolute atomic E-state index is 13.7. The third kappa shape index (κ3) is 7.54. The van der Waals surface area contributed by atoms with Gasteiger partial charge in [0.1, 0.15) is 0 Å². The van der Waals surface area contributed by atoms with Gasteiger partial charge in [-0.2, -0.15) is 26.3 Å². The molecule has 0 amide bonds. The molecule has 0 saturated heterocycles. The fraction of sp³-hybridized carbons (Fsp3) is 0.500. The van der Waals surface area contributed by atoms with Crippen LogP contribution >= 0.6 is 0 Å². The van der Waals surface area contributed by atoms with Crippen LogP contribution in [0.5, 0.6) is 0 Å². The van der Waals surface area contributed by atoms with Gasteiger partial charge in [-0.05, 0) is 89.1 Å². The number of fused-ring (bicyclic) bond motifs is 1. The van der Waals surface area contributed by atoms with Gasteiger partial charge in [-0.15, -0.1) is 0 Å². The molecule has 1 aliphatic rings. The second-order valence-electron chi connectivity index (χ2n) is 10.9. The van der Waals surface area contributed by atoms with E-state index < -0.39 is 24.2 Å². The minimum Gasteiger partial charge on any atom is -0.171 e. The Bertz CT molecular complexity index is 1150. The van der Waals surface area contributed by atoms with Crippen molar-refractivity contribution in [2.45, 2.75) is 97.3 Å². The Kier molecular flexibility index (Phi) is 9.59. The summed E-state index contributed by atoms with van der Waals surface area (Å²) >= 11 is 0. The predicted molar refractivity (Wildman–Crippen MR) is 144 cm³/mol. The average Bonchev–Trinajstić information content (AvgIpc) is 2.81. The molecule has 0 N–H and O–H groups in total. The van der Waals surface area contributed by atoms with E-state index in [0.717, 1.165) is 47.9 Å². The molecule has 1 atom stereocenters. The summed E-state index contributed by atoms with van der Waals surface area (Å²) < 4.78 is 81.4. The standard InChI is InChI=1S/C32H38F6/c1-5-7-8-9-23-11-13-28(27(19-23)21-31(33,34)35)29-20-25-12-10-24(18-26(25)17-22(29)3)14-16-30(4,15-6-2)32(36,37)38/h10-13,18-20H,3,5-9,14-17,21H2,1-2,4H3. The molecule has 0 bridgehead atoms. The first-order valence-electron chi connectivity index (χ1n) is 13.5. The molecule has 0 nitrogen and oxygen atoms in total. The zero-order valence-corrected chi connectivity index (χ0v) is 22.6. The normalized spacial score (nSPS) is 15.7. The largest absolute Gasteiger partial charge is 0.394 e. The van der Waals surface area contributed by atoms with Crippen molar-refractivity contribution in [1.29, 1.82) is 0 Å². The maximum Gasteiger partial charge on any atom is 0.394 e. The number of hydrogen-bond acceptors (Lipinski definition) is 0.